The Bertz CT molecular complexity index is 434. The molecule has 1 saturated heterocycles. The van der Waals surface area contributed by atoms with Gasteiger partial charge in [-0.25, -0.2) is 4.98 Å². The standard InChI is InChI=1S/C16H26N2OS/c1-12-18-14(11-20-12)15(17-2)13-6-9-19-16(10-13)7-4-3-5-8-16/h11,13,15,17H,3-10H2,1-2H3. The molecule has 1 spiro atoms. The number of nitrogens with one attached hydrogen (secondary N) is 1. The Labute approximate surface area is 126 Å². The number of rotatable bonds is 3. The Morgan fingerprint density at radius 2 is 2.20 bits per heavy atom. The van der Waals surface area contributed by atoms with E-state index in [0.29, 0.717) is 12.0 Å². The molecule has 1 aliphatic heterocycles. The summed E-state index contributed by atoms with van der Waals surface area (Å²) in [5, 5.41) is 6.90. The molecule has 2 aliphatic rings. The molecule has 4 heteroatoms. The van der Waals surface area contributed by atoms with Gasteiger partial charge in [-0.1, -0.05) is 19.3 Å². The van der Waals surface area contributed by atoms with E-state index in [-0.39, 0.29) is 5.60 Å². The average Bonchev–Trinajstić information content (AvgIpc) is 2.87. The first-order valence-corrected chi connectivity index (χ1v) is 8.84. The van der Waals surface area contributed by atoms with E-state index in [1.807, 2.05) is 0 Å². The summed E-state index contributed by atoms with van der Waals surface area (Å²) < 4.78 is 6.23. The predicted octanol–water partition coefficient (Wildman–Crippen LogP) is 3.84. The SMILES string of the molecule is CNC(c1csc(C)n1)C1CCOC2(CCCCC2)C1. The van der Waals surface area contributed by atoms with E-state index in [1.54, 1.807) is 11.3 Å². The molecule has 112 valence electrons. The quantitative estimate of drug-likeness (QED) is 0.919. The van der Waals surface area contributed by atoms with Crippen molar-refractivity contribution in [3.05, 3.63) is 16.1 Å². The molecule has 3 nitrogen and oxygen atoms in total. The molecule has 0 bridgehead atoms. The number of thiazole rings is 1. The molecule has 1 aromatic rings. The van der Waals surface area contributed by atoms with E-state index in [2.05, 4.69) is 24.7 Å². The maximum Gasteiger partial charge on any atom is 0.0898 e. The fourth-order valence-corrected chi connectivity index (χ4v) is 4.69. The van der Waals surface area contributed by atoms with Gasteiger partial charge in [0.25, 0.3) is 0 Å². The van der Waals surface area contributed by atoms with Gasteiger partial charge in [-0.15, -0.1) is 11.3 Å². The minimum Gasteiger partial charge on any atom is -0.375 e. The molecule has 0 amide bonds. The zero-order chi connectivity index (χ0) is 14.0. The summed E-state index contributed by atoms with van der Waals surface area (Å²) in [5.41, 5.74) is 1.41. The third kappa shape index (κ3) is 2.92. The lowest BCUT2D eigenvalue weighted by atomic mass is 9.73. The zero-order valence-corrected chi connectivity index (χ0v) is 13.5. The highest BCUT2D eigenvalue weighted by atomic mass is 32.1. The normalized spacial score (nSPS) is 27.6. The zero-order valence-electron chi connectivity index (χ0n) is 12.7. The smallest absolute Gasteiger partial charge is 0.0898 e. The van der Waals surface area contributed by atoms with Crippen molar-refractivity contribution in [2.75, 3.05) is 13.7 Å². The Kier molecular flexibility index (Phi) is 4.43. The first-order valence-electron chi connectivity index (χ1n) is 7.96. The molecule has 1 aliphatic carbocycles. The van der Waals surface area contributed by atoms with Crippen LogP contribution in [0.3, 0.4) is 0 Å². The van der Waals surface area contributed by atoms with E-state index in [4.69, 9.17) is 9.72 Å². The summed E-state index contributed by atoms with van der Waals surface area (Å²) in [6, 6.07) is 0.391. The van der Waals surface area contributed by atoms with Crippen LogP contribution in [0.1, 0.15) is 61.7 Å². The molecule has 2 unspecified atom stereocenters. The molecule has 20 heavy (non-hydrogen) atoms. The number of aromatic nitrogens is 1. The number of nitrogens with zero attached hydrogens (tertiary/aromatic N) is 1. The molecule has 2 atom stereocenters. The fraction of sp³-hybridized carbons (Fsp3) is 0.812. The van der Waals surface area contributed by atoms with Crippen molar-refractivity contribution in [2.45, 2.75) is 63.5 Å². The maximum absolute atomic E-state index is 6.23. The number of aryl methyl sites for hydroxylation is 1. The van der Waals surface area contributed by atoms with E-state index in [9.17, 15) is 0 Å². The lowest BCUT2D eigenvalue weighted by molar-refractivity contribution is -0.122. The minimum absolute atomic E-state index is 0.182. The summed E-state index contributed by atoms with van der Waals surface area (Å²) in [7, 11) is 2.07. The van der Waals surface area contributed by atoms with Crippen LogP contribution in [0.2, 0.25) is 0 Å². The maximum atomic E-state index is 6.23. The molecular weight excluding hydrogens is 268 g/mol. The van der Waals surface area contributed by atoms with Crippen molar-refractivity contribution < 1.29 is 4.74 Å². The van der Waals surface area contributed by atoms with Crippen LogP contribution >= 0.6 is 11.3 Å². The Hall–Kier alpha value is -0.450. The van der Waals surface area contributed by atoms with Crippen LogP contribution in [0.25, 0.3) is 0 Å². The first-order chi connectivity index (χ1) is 9.72. The Balaban J connectivity index is 1.74. The molecule has 1 saturated carbocycles. The van der Waals surface area contributed by atoms with Crippen molar-refractivity contribution in [1.29, 1.82) is 0 Å². The number of hydrogen-bond donors (Lipinski definition) is 1. The van der Waals surface area contributed by atoms with Gasteiger partial charge >= 0.3 is 0 Å². The van der Waals surface area contributed by atoms with Crippen molar-refractivity contribution in [2.24, 2.45) is 5.92 Å². The molecule has 2 fully saturated rings. The lowest BCUT2D eigenvalue weighted by Gasteiger charge is -2.45. The van der Waals surface area contributed by atoms with Crippen molar-refractivity contribution >= 4 is 11.3 Å². The van der Waals surface area contributed by atoms with Gasteiger partial charge in [-0.2, -0.15) is 0 Å². The lowest BCUT2D eigenvalue weighted by Crippen LogP contribution is -2.44. The van der Waals surface area contributed by atoms with Crippen LogP contribution in [-0.4, -0.2) is 24.2 Å². The third-order valence-corrected chi connectivity index (χ3v) is 5.83. The van der Waals surface area contributed by atoms with Crippen molar-refractivity contribution in [1.82, 2.24) is 10.3 Å². The Morgan fingerprint density at radius 1 is 1.40 bits per heavy atom. The van der Waals surface area contributed by atoms with Gasteiger partial charge in [0.15, 0.2) is 0 Å². The molecule has 3 rings (SSSR count). The van der Waals surface area contributed by atoms with Crippen LogP contribution in [0, 0.1) is 12.8 Å². The number of hydrogen-bond acceptors (Lipinski definition) is 4. The van der Waals surface area contributed by atoms with Gasteiger partial charge in [0.2, 0.25) is 0 Å². The largest absolute Gasteiger partial charge is 0.375 e. The molecule has 1 aromatic heterocycles. The molecule has 0 radical (unpaired) electrons. The Morgan fingerprint density at radius 3 is 2.85 bits per heavy atom. The summed E-state index contributed by atoms with van der Waals surface area (Å²) >= 11 is 1.76. The average molecular weight is 294 g/mol. The third-order valence-electron chi connectivity index (χ3n) is 5.03. The summed E-state index contributed by atoms with van der Waals surface area (Å²) in [5.74, 6) is 0.661. The van der Waals surface area contributed by atoms with Crippen LogP contribution in [0.5, 0.6) is 0 Å². The van der Waals surface area contributed by atoms with Gasteiger partial charge in [0, 0.05) is 12.0 Å². The van der Waals surface area contributed by atoms with Crippen molar-refractivity contribution in [3.63, 3.8) is 0 Å². The summed E-state index contributed by atoms with van der Waals surface area (Å²) in [6.45, 7) is 3.01. The second kappa shape index (κ2) is 6.12. The highest BCUT2D eigenvalue weighted by Gasteiger charge is 2.41. The monoisotopic (exact) mass is 294 g/mol. The molecular formula is C16H26N2OS. The van der Waals surface area contributed by atoms with E-state index < -0.39 is 0 Å². The minimum atomic E-state index is 0.182. The van der Waals surface area contributed by atoms with Gasteiger partial charge in [0.1, 0.15) is 0 Å². The molecule has 1 N–H and O–H groups in total. The predicted molar refractivity (Wildman–Crippen MR) is 83.1 cm³/mol. The summed E-state index contributed by atoms with van der Waals surface area (Å²) in [4.78, 5) is 4.71. The summed E-state index contributed by atoms with van der Waals surface area (Å²) in [6.07, 6.45) is 8.95. The van der Waals surface area contributed by atoms with Crippen LogP contribution in [0.15, 0.2) is 5.38 Å². The van der Waals surface area contributed by atoms with Crippen LogP contribution < -0.4 is 5.32 Å². The highest BCUT2D eigenvalue weighted by molar-refractivity contribution is 7.09. The molecule has 2 heterocycles. The van der Waals surface area contributed by atoms with Crippen LogP contribution in [-0.2, 0) is 4.74 Å². The highest BCUT2D eigenvalue weighted by Crippen LogP contribution is 2.44. The van der Waals surface area contributed by atoms with Gasteiger partial charge in [-0.3, -0.25) is 0 Å². The van der Waals surface area contributed by atoms with Crippen molar-refractivity contribution in [3.8, 4) is 0 Å². The van der Waals surface area contributed by atoms with Gasteiger partial charge < -0.3 is 10.1 Å². The van der Waals surface area contributed by atoms with E-state index >= 15 is 0 Å². The first kappa shape index (κ1) is 14.5. The topological polar surface area (TPSA) is 34.2 Å². The van der Waals surface area contributed by atoms with E-state index in [1.165, 1.54) is 49.2 Å². The van der Waals surface area contributed by atoms with Crippen LogP contribution in [0.4, 0.5) is 0 Å². The van der Waals surface area contributed by atoms with E-state index in [0.717, 1.165) is 13.0 Å². The molecule has 0 aromatic carbocycles. The number of ether oxygens (including phenoxy) is 1. The fourth-order valence-electron chi connectivity index (χ4n) is 4.04. The second-order valence-electron chi connectivity index (χ2n) is 6.40. The second-order valence-corrected chi connectivity index (χ2v) is 7.46. The van der Waals surface area contributed by atoms with Gasteiger partial charge in [0.05, 0.1) is 22.3 Å². The van der Waals surface area contributed by atoms with Gasteiger partial charge in [-0.05, 0) is 45.6 Å².